The minimum absolute atomic E-state index is 0.0257. The number of pyridine rings is 1. The molecule has 2 aromatic heterocycles. The summed E-state index contributed by atoms with van der Waals surface area (Å²) in [5, 5.41) is 10.0. The van der Waals surface area contributed by atoms with E-state index in [-0.39, 0.29) is 10.7 Å². The zero-order valence-corrected chi connectivity index (χ0v) is 11.0. The van der Waals surface area contributed by atoms with Crippen LogP contribution in [0.4, 0.5) is 5.69 Å². The van der Waals surface area contributed by atoms with Crippen LogP contribution >= 0.6 is 12.2 Å². The van der Waals surface area contributed by atoms with Crippen molar-refractivity contribution in [3.8, 4) is 5.88 Å². The highest BCUT2D eigenvalue weighted by Gasteiger charge is 2.16. The zero-order chi connectivity index (χ0) is 13.4. The first-order chi connectivity index (χ1) is 9.20. The van der Waals surface area contributed by atoms with Gasteiger partial charge in [0, 0.05) is 24.5 Å². The molecular formula is C13H11N3O2S. The van der Waals surface area contributed by atoms with Crippen LogP contribution in [-0.4, -0.2) is 20.9 Å². The molecule has 0 saturated carbocycles. The maximum absolute atomic E-state index is 10.0. The van der Waals surface area contributed by atoms with Gasteiger partial charge in [0.25, 0.3) is 4.84 Å². The van der Waals surface area contributed by atoms with Gasteiger partial charge in [0.15, 0.2) is 5.76 Å². The molecule has 6 heteroatoms. The fraction of sp³-hybridized carbons (Fsp3) is 0.154. The minimum atomic E-state index is 0.0257. The molecule has 0 fully saturated rings. The largest absolute Gasteiger partial charge is 0.492 e. The Bertz CT molecular complexity index is 755. The van der Waals surface area contributed by atoms with E-state index in [0.717, 1.165) is 17.0 Å². The van der Waals surface area contributed by atoms with E-state index in [2.05, 4.69) is 9.98 Å². The van der Waals surface area contributed by atoms with Gasteiger partial charge in [-0.2, -0.15) is 0 Å². The van der Waals surface area contributed by atoms with Gasteiger partial charge in [0.1, 0.15) is 0 Å². The Morgan fingerprint density at radius 2 is 2.37 bits per heavy atom. The molecule has 1 aliphatic heterocycles. The molecule has 96 valence electrons. The highest BCUT2D eigenvalue weighted by atomic mass is 32.1. The molecule has 2 aromatic rings. The number of aliphatic imine (C=N–C) groups is 1. The minimum Gasteiger partial charge on any atom is -0.492 e. The van der Waals surface area contributed by atoms with Crippen molar-refractivity contribution in [1.29, 1.82) is 0 Å². The Morgan fingerprint density at radius 3 is 3.11 bits per heavy atom. The topological polar surface area (TPSA) is 63.5 Å². The van der Waals surface area contributed by atoms with E-state index in [9.17, 15) is 5.11 Å². The molecule has 1 N–H and O–H groups in total. The average molecular weight is 273 g/mol. The molecule has 0 unspecified atom stereocenters. The monoisotopic (exact) mass is 273 g/mol. The van der Waals surface area contributed by atoms with Crippen LogP contribution in [0.3, 0.4) is 0 Å². The van der Waals surface area contributed by atoms with Crippen molar-refractivity contribution >= 4 is 35.8 Å². The quantitative estimate of drug-likeness (QED) is 0.853. The number of nitrogens with zero attached hydrogens (tertiary/aromatic N) is 3. The predicted octanol–water partition coefficient (Wildman–Crippen LogP) is 3.19. The maximum atomic E-state index is 10.0. The smallest absolute Gasteiger partial charge is 0.272 e. The number of aromatic hydroxyl groups is 1. The SMILES string of the molecule is CCn1c(O)c(C=C2C=Nc3cccnc32)oc1=S. The molecule has 3 rings (SSSR count). The van der Waals surface area contributed by atoms with E-state index in [1.165, 1.54) is 4.57 Å². The summed E-state index contributed by atoms with van der Waals surface area (Å²) in [6, 6.07) is 3.71. The van der Waals surface area contributed by atoms with Gasteiger partial charge < -0.3 is 9.52 Å². The van der Waals surface area contributed by atoms with Crippen molar-refractivity contribution in [2.75, 3.05) is 0 Å². The number of rotatable bonds is 2. The molecule has 0 radical (unpaired) electrons. The molecular weight excluding hydrogens is 262 g/mol. The van der Waals surface area contributed by atoms with Crippen molar-refractivity contribution in [2.24, 2.45) is 4.99 Å². The van der Waals surface area contributed by atoms with Gasteiger partial charge in [-0.1, -0.05) is 0 Å². The van der Waals surface area contributed by atoms with E-state index >= 15 is 0 Å². The number of hydrogen-bond donors (Lipinski definition) is 1. The van der Waals surface area contributed by atoms with E-state index < -0.39 is 0 Å². The second-order valence-electron chi connectivity index (χ2n) is 4.03. The summed E-state index contributed by atoms with van der Waals surface area (Å²) in [5.41, 5.74) is 2.37. The molecule has 0 saturated heterocycles. The lowest BCUT2D eigenvalue weighted by Crippen LogP contribution is -1.92. The van der Waals surface area contributed by atoms with E-state index in [0.29, 0.717) is 12.3 Å². The van der Waals surface area contributed by atoms with Crippen molar-refractivity contribution in [1.82, 2.24) is 9.55 Å². The van der Waals surface area contributed by atoms with Crippen LogP contribution in [0.1, 0.15) is 18.4 Å². The predicted molar refractivity (Wildman–Crippen MR) is 75.1 cm³/mol. The normalized spacial score (nSPS) is 15.1. The molecule has 19 heavy (non-hydrogen) atoms. The Morgan fingerprint density at radius 1 is 1.53 bits per heavy atom. The van der Waals surface area contributed by atoms with Crippen LogP contribution in [0.25, 0.3) is 11.6 Å². The summed E-state index contributed by atoms with van der Waals surface area (Å²) in [6.07, 6.45) is 5.09. The Labute approximate surface area is 114 Å². The maximum Gasteiger partial charge on any atom is 0.272 e. The lowest BCUT2D eigenvalue weighted by atomic mass is 10.1. The summed E-state index contributed by atoms with van der Waals surface area (Å²) in [4.78, 5) is 8.76. The summed E-state index contributed by atoms with van der Waals surface area (Å²) < 4.78 is 6.90. The van der Waals surface area contributed by atoms with Gasteiger partial charge in [0.2, 0.25) is 5.88 Å². The van der Waals surface area contributed by atoms with Crippen LogP contribution in [0.15, 0.2) is 27.7 Å². The van der Waals surface area contributed by atoms with Gasteiger partial charge in [-0.15, -0.1) is 0 Å². The van der Waals surface area contributed by atoms with Crippen LogP contribution < -0.4 is 0 Å². The Kier molecular flexibility index (Phi) is 2.79. The van der Waals surface area contributed by atoms with Crippen molar-refractivity contribution in [2.45, 2.75) is 13.5 Å². The lowest BCUT2D eigenvalue weighted by molar-refractivity contribution is 0.419. The van der Waals surface area contributed by atoms with Crippen LogP contribution in [0.5, 0.6) is 5.88 Å². The average Bonchev–Trinajstić information content (AvgIpc) is 2.93. The van der Waals surface area contributed by atoms with Gasteiger partial charge >= 0.3 is 0 Å². The highest BCUT2D eigenvalue weighted by Crippen LogP contribution is 2.32. The number of hydrogen-bond acceptors (Lipinski definition) is 5. The fourth-order valence-corrected chi connectivity index (χ4v) is 2.26. The van der Waals surface area contributed by atoms with E-state index in [4.69, 9.17) is 16.6 Å². The first-order valence-corrected chi connectivity index (χ1v) is 6.25. The van der Waals surface area contributed by atoms with Crippen LogP contribution in [0, 0.1) is 4.84 Å². The first kappa shape index (κ1) is 11.9. The van der Waals surface area contributed by atoms with E-state index in [1.807, 2.05) is 19.1 Å². The van der Waals surface area contributed by atoms with Crippen LogP contribution in [-0.2, 0) is 6.54 Å². The second-order valence-corrected chi connectivity index (χ2v) is 4.38. The molecule has 5 nitrogen and oxygen atoms in total. The molecule has 0 aromatic carbocycles. The van der Waals surface area contributed by atoms with Crippen LogP contribution in [0.2, 0.25) is 0 Å². The molecule has 3 heterocycles. The van der Waals surface area contributed by atoms with Crippen molar-refractivity contribution in [3.05, 3.63) is 34.6 Å². The van der Waals surface area contributed by atoms with E-state index in [1.54, 1.807) is 18.5 Å². The van der Waals surface area contributed by atoms with Crippen molar-refractivity contribution in [3.63, 3.8) is 0 Å². The summed E-state index contributed by atoms with van der Waals surface area (Å²) in [5.74, 6) is 0.351. The van der Waals surface area contributed by atoms with Gasteiger partial charge in [0.05, 0.1) is 11.4 Å². The van der Waals surface area contributed by atoms with Gasteiger partial charge in [-0.3, -0.25) is 14.5 Å². The summed E-state index contributed by atoms with van der Waals surface area (Å²) >= 11 is 5.04. The lowest BCUT2D eigenvalue weighted by Gasteiger charge is -1.97. The third-order valence-corrected chi connectivity index (χ3v) is 3.20. The number of oxazole rings is 1. The highest BCUT2D eigenvalue weighted by molar-refractivity contribution is 7.71. The standard InChI is InChI=1S/C13H11N3O2S/c1-2-16-12(17)10(18-13(16)19)6-8-7-15-9-4-3-5-14-11(8)9/h3-7,17H,2H2,1H3. The Hall–Kier alpha value is -2.21. The van der Waals surface area contributed by atoms with Crippen molar-refractivity contribution < 1.29 is 9.52 Å². The van der Waals surface area contributed by atoms with Gasteiger partial charge in [-0.25, -0.2) is 0 Å². The first-order valence-electron chi connectivity index (χ1n) is 5.84. The molecule has 0 amide bonds. The number of fused-ring (bicyclic) bond motifs is 1. The summed E-state index contributed by atoms with van der Waals surface area (Å²) in [6.45, 7) is 2.44. The fourth-order valence-electron chi connectivity index (χ4n) is 1.96. The summed E-state index contributed by atoms with van der Waals surface area (Å²) in [7, 11) is 0. The zero-order valence-electron chi connectivity index (χ0n) is 10.2. The molecule has 0 spiro atoms. The molecule has 1 aliphatic rings. The molecule has 0 atom stereocenters. The Balaban J connectivity index is 2.10. The number of aromatic nitrogens is 2. The van der Waals surface area contributed by atoms with Gasteiger partial charge in [-0.05, 0) is 37.4 Å². The third-order valence-electron chi connectivity index (χ3n) is 2.90. The molecule has 0 bridgehead atoms. The third kappa shape index (κ3) is 1.90. The molecule has 0 aliphatic carbocycles. The second kappa shape index (κ2) is 4.47. The number of allylic oxidation sites excluding steroid dienone is 1.